The predicted octanol–water partition coefficient (Wildman–Crippen LogP) is 2.66. The average Bonchev–Trinajstić information content (AvgIpc) is 2.58. The number of methoxy groups -OCH3 is 1. The fourth-order valence-electron chi connectivity index (χ4n) is 2.78. The van der Waals surface area contributed by atoms with E-state index in [2.05, 4.69) is 38.1 Å². The van der Waals surface area contributed by atoms with Crippen molar-refractivity contribution in [1.29, 1.82) is 0 Å². The lowest BCUT2D eigenvalue weighted by Gasteiger charge is -2.32. The summed E-state index contributed by atoms with van der Waals surface area (Å²) in [4.78, 5) is 2.46. The van der Waals surface area contributed by atoms with Gasteiger partial charge in [0.25, 0.3) is 0 Å². The van der Waals surface area contributed by atoms with E-state index in [1.165, 1.54) is 0 Å². The second-order valence-corrected chi connectivity index (χ2v) is 6.65. The van der Waals surface area contributed by atoms with E-state index >= 15 is 0 Å². The summed E-state index contributed by atoms with van der Waals surface area (Å²) in [7, 11) is 1.76. The molecule has 0 radical (unpaired) electrons. The van der Waals surface area contributed by atoms with Crippen molar-refractivity contribution in [2.75, 3.05) is 40.0 Å². The monoisotopic (exact) mass is 380 g/mol. The van der Waals surface area contributed by atoms with Gasteiger partial charge in [0, 0.05) is 36.3 Å². The summed E-state index contributed by atoms with van der Waals surface area (Å²) in [5.41, 5.74) is 1.14. The summed E-state index contributed by atoms with van der Waals surface area (Å²) < 4.78 is 11.8. The molecule has 2 rings (SSSR count). The minimum Gasteiger partial charge on any atom is -0.481 e. The number of halogens is 1. The number of terminal acetylenes is 1. The Kier molecular flexibility index (Phi) is 7.90. The zero-order valence-electron chi connectivity index (χ0n) is 13.7. The van der Waals surface area contributed by atoms with Gasteiger partial charge in [0.2, 0.25) is 0 Å². The summed E-state index contributed by atoms with van der Waals surface area (Å²) in [6.45, 7) is 5.18. The van der Waals surface area contributed by atoms with Crippen LogP contribution in [0.15, 0.2) is 22.7 Å². The van der Waals surface area contributed by atoms with Crippen LogP contribution in [0.4, 0.5) is 0 Å². The van der Waals surface area contributed by atoms with Gasteiger partial charge < -0.3 is 19.7 Å². The van der Waals surface area contributed by atoms with E-state index < -0.39 is 0 Å². The van der Waals surface area contributed by atoms with Gasteiger partial charge >= 0.3 is 0 Å². The third-order valence-electron chi connectivity index (χ3n) is 4.11. The number of hydrogen-bond donors (Lipinski definition) is 1. The van der Waals surface area contributed by atoms with Crippen LogP contribution in [0.5, 0.6) is 5.75 Å². The smallest absolute Gasteiger partial charge is 0.148 e. The molecular formula is C18H25BrN2O2. The standard InChI is InChI=1S/C18H25BrN2O2/c1-3-11-23-18-5-4-16(19)13-15(18)14-20-17-6-8-21(9-7-17)10-12-22-2/h1,4-5,13,17,20H,6-12,14H2,2H3. The number of nitrogens with one attached hydrogen (secondary N) is 1. The number of likely N-dealkylation sites (tertiary alicyclic amines) is 1. The van der Waals surface area contributed by atoms with Gasteiger partial charge in [-0.1, -0.05) is 21.9 Å². The summed E-state index contributed by atoms with van der Waals surface area (Å²) in [5.74, 6) is 3.37. The van der Waals surface area contributed by atoms with Gasteiger partial charge in [-0.05, 0) is 44.1 Å². The Morgan fingerprint density at radius 3 is 2.87 bits per heavy atom. The van der Waals surface area contributed by atoms with E-state index in [1.807, 2.05) is 12.1 Å². The molecule has 1 aromatic carbocycles. The fourth-order valence-corrected chi connectivity index (χ4v) is 3.19. The van der Waals surface area contributed by atoms with Crippen LogP contribution in [0, 0.1) is 12.3 Å². The molecular weight excluding hydrogens is 356 g/mol. The molecule has 0 aliphatic carbocycles. The van der Waals surface area contributed by atoms with Gasteiger partial charge in [-0.25, -0.2) is 0 Å². The Bertz CT molecular complexity index is 522. The average molecular weight is 381 g/mol. The Morgan fingerprint density at radius 2 is 2.17 bits per heavy atom. The van der Waals surface area contributed by atoms with E-state index in [1.54, 1.807) is 7.11 Å². The van der Waals surface area contributed by atoms with Crippen molar-refractivity contribution in [3.63, 3.8) is 0 Å². The van der Waals surface area contributed by atoms with Crippen molar-refractivity contribution in [2.24, 2.45) is 0 Å². The Morgan fingerprint density at radius 1 is 1.39 bits per heavy atom. The Balaban J connectivity index is 1.82. The molecule has 5 heteroatoms. The van der Waals surface area contributed by atoms with Crippen molar-refractivity contribution in [3.8, 4) is 18.1 Å². The van der Waals surface area contributed by atoms with Crippen molar-refractivity contribution in [3.05, 3.63) is 28.2 Å². The first-order chi connectivity index (χ1) is 11.2. The molecule has 0 aromatic heterocycles. The number of piperidine rings is 1. The van der Waals surface area contributed by atoms with Crippen molar-refractivity contribution in [1.82, 2.24) is 10.2 Å². The van der Waals surface area contributed by atoms with Crippen LogP contribution in [0.3, 0.4) is 0 Å². The zero-order valence-corrected chi connectivity index (χ0v) is 15.3. The first kappa shape index (κ1) is 18.3. The maximum absolute atomic E-state index is 5.62. The second-order valence-electron chi connectivity index (χ2n) is 5.73. The van der Waals surface area contributed by atoms with Crippen LogP contribution in [0.25, 0.3) is 0 Å². The molecule has 0 unspecified atom stereocenters. The molecule has 0 bridgehead atoms. The highest BCUT2D eigenvalue weighted by molar-refractivity contribution is 9.10. The number of nitrogens with zero attached hydrogens (tertiary/aromatic N) is 1. The van der Waals surface area contributed by atoms with Crippen LogP contribution < -0.4 is 10.1 Å². The summed E-state index contributed by atoms with van der Waals surface area (Å²) in [6, 6.07) is 6.58. The quantitative estimate of drug-likeness (QED) is 0.702. The molecule has 1 aliphatic heterocycles. The largest absolute Gasteiger partial charge is 0.481 e. The third-order valence-corrected chi connectivity index (χ3v) is 4.61. The molecule has 23 heavy (non-hydrogen) atoms. The molecule has 1 saturated heterocycles. The Labute approximate surface area is 147 Å². The van der Waals surface area contributed by atoms with Crippen molar-refractivity contribution in [2.45, 2.75) is 25.4 Å². The normalized spacial score (nSPS) is 16.2. The molecule has 1 heterocycles. The minimum absolute atomic E-state index is 0.298. The predicted molar refractivity (Wildman–Crippen MR) is 96.6 cm³/mol. The van der Waals surface area contributed by atoms with E-state index in [-0.39, 0.29) is 0 Å². The molecule has 0 spiro atoms. The summed E-state index contributed by atoms with van der Waals surface area (Å²) >= 11 is 3.52. The van der Waals surface area contributed by atoms with E-state index in [0.717, 1.165) is 61.4 Å². The second kappa shape index (κ2) is 9.94. The number of benzene rings is 1. The van der Waals surface area contributed by atoms with E-state index in [0.29, 0.717) is 12.6 Å². The SMILES string of the molecule is C#CCOc1ccc(Br)cc1CNC1CCN(CCOC)CC1. The lowest BCUT2D eigenvalue weighted by atomic mass is 10.0. The molecule has 0 atom stereocenters. The highest BCUT2D eigenvalue weighted by atomic mass is 79.9. The molecule has 126 valence electrons. The highest BCUT2D eigenvalue weighted by Gasteiger charge is 2.18. The number of rotatable bonds is 8. The van der Waals surface area contributed by atoms with E-state index in [4.69, 9.17) is 15.9 Å². The molecule has 0 saturated carbocycles. The lowest BCUT2D eigenvalue weighted by Crippen LogP contribution is -2.43. The van der Waals surface area contributed by atoms with Gasteiger partial charge in [-0.15, -0.1) is 6.42 Å². The first-order valence-corrected chi connectivity index (χ1v) is 8.81. The molecule has 0 amide bonds. The molecule has 1 N–H and O–H groups in total. The molecule has 1 aliphatic rings. The summed E-state index contributed by atoms with van der Waals surface area (Å²) in [5, 5.41) is 3.65. The number of hydrogen-bond acceptors (Lipinski definition) is 4. The minimum atomic E-state index is 0.298. The molecule has 4 nitrogen and oxygen atoms in total. The summed E-state index contributed by atoms with van der Waals surface area (Å²) in [6.07, 6.45) is 7.61. The zero-order chi connectivity index (χ0) is 16.5. The maximum Gasteiger partial charge on any atom is 0.148 e. The first-order valence-electron chi connectivity index (χ1n) is 8.02. The van der Waals surface area contributed by atoms with Gasteiger partial charge in [0.05, 0.1) is 6.61 Å². The van der Waals surface area contributed by atoms with E-state index in [9.17, 15) is 0 Å². The Hall–Kier alpha value is -1.06. The van der Waals surface area contributed by atoms with Gasteiger partial charge in [0.15, 0.2) is 0 Å². The number of ether oxygens (including phenoxy) is 2. The lowest BCUT2D eigenvalue weighted by molar-refractivity contribution is 0.126. The van der Waals surface area contributed by atoms with Crippen LogP contribution >= 0.6 is 15.9 Å². The van der Waals surface area contributed by atoms with Crippen molar-refractivity contribution < 1.29 is 9.47 Å². The van der Waals surface area contributed by atoms with Gasteiger partial charge in [0.1, 0.15) is 12.4 Å². The van der Waals surface area contributed by atoms with Gasteiger partial charge in [-0.2, -0.15) is 0 Å². The maximum atomic E-state index is 5.62. The van der Waals surface area contributed by atoms with Crippen LogP contribution in [0.2, 0.25) is 0 Å². The van der Waals surface area contributed by atoms with Crippen LogP contribution in [-0.4, -0.2) is 50.9 Å². The van der Waals surface area contributed by atoms with Crippen LogP contribution in [-0.2, 0) is 11.3 Å². The molecule has 1 aromatic rings. The third kappa shape index (κ3) is 6.15. The highest BCUT2D eigenvalue weighted by Crippen LogP contribution is 2.23. The fraction of sp³-hybridized carbons (Fsp3) is 0.556. The topological polar surface area (TPSA) is 33.7 Å². The van der Waals surface area contributed by atoms with Gasteiger partial charge in [-0.3, -0.25) is 0 Å². The van der Waals surface area contributed by atoms with Crippen LogP contribution in [0.1, 0.15) is 18.4 Å². The molecule has 1 fully saturated rings. The van der Waals surface area contributed by atoms with Crippen molar-refractivity contribution >= 4 is 15.9 Å².